The van der Waals surface area contributed by atoms with Crippen molar-refractivity contribution in [3.63, 3.8) is 0 Å². The lowest BCUT2D eigenvalue weighted by Gasteiger charge is -2.36. The SMILES string of the molecule is COc1ccc(NS(=O)(=O)c2ccc(N3CCN(C(=O)C4CCCO4)CC3)c([N+](=O)[O-])c2)cc1. The highest BCUT2D eigenvalue weighted by molar-refractivity contribution is 7.92. The molecule has 1 unspecified atom stereocenters. The standard InChI is InChI=1S/C22H26N4O7S/c1-32-17-6-4-16(5-7-17)23-34(30,31)18-8-9-19(20(15-18)26(28)29)24-10-12-25(13-11-24)22(27)21-3-2-14-33-21/h4-9,15,21,23H,2-3,10-14H2,1H3. The molecule has 0 aromatic heterocycles. The number of hydrogen-bond acceptors (Lipinski definition) is 8. The fourth-order valence-corrected chi connectivity index (χ4v) is 5.18. The molecular formula is C22H26N4O7S. The molecule has 2 saturated heterocycles. The Balaban J connectivity index is 1.49. The Morgan fingerprint density at radius 1 is 1.15 bits per heavy atom. The Bertz CT molecular complexity index is 1160. The number of hydrogen-bond donors (Lipinski definition) is 1. The van der Waals surface area contributed by atoms with Gasteiger partial charge in [-0.2, -0.15) is 0 Å². The van der Waals surface area contributed by atoms with Crippen molar-refractivity contribution < 1.29 is 27.6 Å². The van der Waals surface area contributed by atoms with E-state index in [9.17, 15) is 23.3 Å². The highest BCUT2D eigenvalue weighted by Gasteiger charge is 2.32. The van der Waals surface area contributed by atoms with Crippen LogP contribution in [-0.4, -0.2) is 70.1 Å². The van der Waals surface area contributed by atoms with Crippen LogP contribution in [0.2, 0.25) is 0 Å². The topological polar surface area (TPSA) is 131 Å². The molecule has 0 bridgehead atoms. The van der Waals surface area contributed by atoms with E-state index in [0.29, 0.717) is 56.3 Å². The van der Waals surface area contributed by atoms with Crippen LogP contribution >= 0.6 is 0 Å². The highest BCUT2D eigenvalue weighted by atomic mass is 32.2. The lowest BCUT2D eigenvalue weighted by Crippen LogP contribution is -2.51. The minimum Gasteiger partial charge on any atom is -0.497 e. The summed E-state index contributed by atoms with van der Waals surface area (Å²) in [6, 6.07) is 10.1. The molecule has 2 fully saturated rings. The summed E-state index contributed by atoms with van der Waals surface area (Å²) in [5.41, 5.74) is 0.314. The van der Waals surface area contributed by atoms with Crippen molar-refractivity contribution in [2.75, 3.05) is 49.5 Å². The van der Waals surface area contributed by atoms with Gasteiger partial charge in [-0.15, -0.1) is 0 Å². The van der Waals surface area contributed by atoms with E-state index in [1.807, 2.05) is 0 Å². The van der Waals surface area contributed by atoms with Gasteiger partial charge in [0.25, 0.3) is 21.6 Å². The smallest absolute Gasteiger partial charge is 0.293 e. The van der Waals surface area contributed by atoms with E-state index in [2.05, 4.69) is 4.72 Å². The summed E-state index contributed by atoms with van der Waals surface area (Å²) in [5.74, 6) is 0.526. The number of rotatable bonds is 7. The lowest BCUT2D eigenvalue weighted by atomic mass is 10.2. The fourth-order valence-electron chi connectivity index (χ4n) is 4.10. The zero-order valence-corrected chi connectivity index (χ0v) is 19.5. The van der Waals surface area contributed by atoms with Crippen LogP contribution in [0, 0.1) is 10.1 Å². The molecule has 0 radical (unpaired) electrons. The number of carbonyl (C=O) groups is 1. The summed E-state index contributed by atoms with van der Waals surface area (Å²) in [5, 5.41) is 11.8. The molecule has 4 rings (SSSR count). The van der Waals surface area contributed by atoms with Gasteiger partial charge in [-0.25, -0.2) is 8.42 Å². The molecule has 2 aromatic rings. The number of ether oxygens (including phenoxy) is 2. The Labute approximate surface area is 197 Å². The van der Waals surface area contributed by atoms with E-state index in [0.717, 1.165) is 12.5 Å². The third kappa shape index (κ3) is 5.07. The quantitative estimate of drug-likeness (QED) is 0.462. The second-order valence-corrected chi connectivity index (χ2v) is 9.74. The fraction of sp³-hybridized carbons (Fsp3) is 0.409. The van der Waals surface area contributed by atoms with Crippen LogP contribution in [0.4, 0.5) is 17.1 Å². The van der Waals surface area contributed by atoms with Gasteiger partial charge in [-0.05, 0) is 49.2 Å². The van der Waals surface area contributed by atoms with Gasteiger partial charge in [0.2, 0.25) is 0 Å². The number of nitro groups is 1. The second kappa shape index (κ2) is 9.85. The molecule has 34 heavy (non-hydrogen) atoms. The molecule has 0 saturated carbocycles. The van der Waals surface area contributed by atoms with E-state index in [-0.39, 0.29) is 16.5 Å². The number of nitrogens with zero attached hydrogens (tertiary/aromatic N) is 3. The van der Waals surface area contributed by atoms with Crippen molar-refractivity contribution in [2.45, 2.75) is 23.8 Å². The molecule has 0 aliphatic carbocycles. The van der Waals surface area contributed by atoms with Crippen molar-refractivity contribution in [1.82, 2.24) is 4.90 Å². The predicted molar refractivity (Wildman–Crippen MR) is 125 cm³/mol. The molecule has 1 amide bonds. The first-order valence-electron chi connectivity index (χ1n) is 10.9. The van der Waals surface area contributed by atoms with Gasteiger partial charge in [0.1, 0.15) is 17.5 Å². The highest BCUT2D eigenvalue weighted by Crippen LogP contribution is 2.32. The van der Waals surface area contributed by atoms with Crippen LogP contribution in [-0.2, 0) is 19.6 Å². The number of methoxy groups -OCH3 is 1. The molecule has 1 N–H and O–H groups in total. The van der Waals surface area contributed by atoms with Crippen LogP contribution in [0.25, 0.3) is 0 Å². The van der Waals surface area contributed by atoms with Crippen LogP contribution in [0.5, 0.6) is 5.75 Å². The van der Waals surface area contributed by atoms with Crippen LogP contribution in [0.15, 0.2) is 47.4 Å². The molecule has 182 valence electrons. The molecule has 2 heterocycles. The lowest BCUT2D eigenvalue weighted by molar-refractivity contribution is -0.384. The van der Waals surface area contributed by atoms with Crippen molar-refractivity contribution >= 4 is 33.0 Å². The number of nitro benzene ring substituents is 1. The third-order valence-electron chi connectivity index (χ3n) is 5.93. The average molecular weight is 491 g/mol. The maximum absolute atomic E-state index is 12.8. The van der Waals surface area contributed by atoms with Gasteiger partial charge in [-0.1, -0.05) is 0 Å². The second-order valence-electron chi connectivity index (χ2n) is 8.06. The number of benzene rings is 2. The number of amides is 1. The Hall–Kier alpha value is -3.38. The van der Waals surface area contributed by atoms with Crippen molar-refractivity contribution in [2.24, 2.45) is 0 Å². The van der Waals surface area contributed by atoms with Crippen LogP contribution in [0.1, 0.15) is 12.8 Å². The summed E-state index contributed by atoms with van der Waals surface area (Å²) >= 11 is 0. The Morgan fingerprint density at radius 2 is 1.85 bits per heavy atom. The predicted octanol–water partition coefficient (Wildman–Crippen LogP) is 2.23. The molecule has 2 aliphatic heterocycles. The van der Waals surface area contributed by atoms with E-state index >= 15 is 0 Å². The van der Waals surface area contributed by atoms with Gasteiger partial charge in [-0.3, -0.25) is 19.6 Å². The first-order valence-corrected chi connectivity index (χ1v) is 12.4. The normalized spacial score (nSPS) is 18.6. The maximum atomic E-state index is 12.8. The minimum absolute atomic E-state index is 0.0438. The molecule has 11 nitrogen and oxygen atoms in total. The average Bonchev–Trinajstić information content (AvgIpc) is 3.38. The molecule has 1 atom stereocenters. The Morgan fingerprint density at radius 3 is 2.44 bits per heavy atom. The number of nitrogens with one attached hydrogen (secondary N) is 1. The van der Waals surface area contributed by atoms with E-state index in [1.165, 1.54) is 31.4 Å². The van der Waals surface area contributed by atoms with Crippen LogP contribution in [0.3, 0.4) is 0 Å². The summed E-state index contributed by atoms with van der Waals surface area (Å²) in [7, 11) is -2.54. The number of piperazine rings is 1. The number of carbonyl (C=O) groups excluding carboxylic acids is 1. The third-order valence-corrected chi connectivity index (χ3v) is 7.31. The summed E-state index contributed by atoms with van der Waals surface area (Å²) < 4.78 is 38.6. The van der Waals surface area contributed by atoms with E-state index < -0.39 is 21.1 Å². The maximum Gasteiger partial charge on any atom is 0.293 e. The summed E-state index contributed by atoms with van der Waals surface area (Å²) in [4.78, 5) is 27.0. The van der Waals surface area contributed by atoms with Crippen LogP contribution < -0.4 is 14.4 Å². The molecule has 2 aromatic carbocycles. The van der Waals surface area contributed by atoms with Gasteiger partial charge >= 0.3 is 0 Å². The monoisotopic (exact) mass is 490 g/mol. The van der Waals surface area contributed by atoms with Gasteiger partial charge in [0, 0.05) is 44.5 Å². The zero-order chi connectivity index (χ0) is 24.3. The summed E-state index contributed by atoms with van der Waals surface area (Å²) in [6.07, 6.45) is 1.18. The number of sulfonamides is 1. The first kappa shape index (κ1) is 23.8. The van der Waals surface area contributed by atoms with Crippen molar-refractivity contribution in [3.8, 4) is 5.75 Å². The molecule has 2 aliphatic rings. The van der Waals surface area contributed by atoms with Crippen molar-refractivity contribution in [3.05, 3.63) is 52.6 Å². The Kier molecular flexibility index (Phi) is 6.89. The van der Waals surface area contributed by atoms with Gasteiger partial charge in [0.15, 0.2) is 0 Å². The molecule has 12 heteroatoms. The van der Waals surface area contributed by atoms with Gasteiger partial charge in [0.05, 0.1) is 16.9 Å². The summed E-state index contributed by atoms with van der Waals surface area (Å²) in [6.45, 7) is 2.21. The minimum atomic E-state index is -4.05. The van der Waals surface area contributed by atoms with Gasteiger partial charge < -0.3 is 19.3 Å². The zero-order valence-electron chi connectivity index (χ0n) is 18.7. The molecular weight excluding hydrogens is 464 g/mol. The van der Waals surface area contributed by atoms with Crippen molar-refractivity contribution in [1.29, 1.82) is 0 Å². The van der Waals surface area contributed by atoms with E-state index in [4.69, 9.17) is 9.47 Å². The largest absolute Gasteiger partial charge is 0.497 e. The number of anilines is 2. The van der Waals surface area contributed by atoms with E-state index in [1.54, 1.807) is 21.9 Å². The molecule has 0 spiro atoms. The first-order chi connectivity index (χ1) is 16.3.